The van der Waals surface area contributed by atoms with Crippen LogP contribution in [0.2, 0.25) is 0 Å². The maximum absolute atomic E-state index is 11.9. The zero-order valence-corrected chi connectivity index (χ0v) is 12.1. The average molecular weight is 282 g/mol. The number of carbonyl (C=O) groups is 2. The molecule has 0 spiro atoms. The standard InChI is InChI=1S/C14H26N4O2/c15-8-11-6-7-18(10-11)13(19)9-16-14(20)17-12-4-2-1-3-5-12/h11-12H,1-10,15H2,(H2,16,17,20). The fourth-order valence-corrected chi connectivity index (χ4v) is 3.00. The van der Waals surface area contributed by atoms with Crippen LogP contribution in [0.15, 0.2) is 0 Å². The maximum atomic E-state index is 11.9. The Morgan fingerprint density at radius 2 is 1.90 bits per heavy atom. The van der Waals surface area contributed by atoms with E-state index in [1.165, 1.54) is 19.3 Å². The molecule has 0 aromatic carbocycles. The number of hydrogen-bond donors (Lipinski definition) is 3. The van der Waals surface area contributed by atoms with Gasteiger partial charge in [-0.05, 0) is 31.7 Å². The summed E-state index contributed by atoms with van der Waals surface area (Å²) in [5, 5.41) is 5.61. The average Bonchev–Trinajstić information content (AvgIpc) is 2.95. The summed E-state index contributed by atoms with van der Waals surface area (Å²) < 4.78 is 0. The van der Waals surface area contributed by atoms with Gasteiger partial charge in [-0.15, -0.1) is 0 Å². The first-order chi connectivity index (χ1) is 9.69. The van der Waals surface area contributed by atoms with Crippen LogP contribution in [0.3, 0.4) is 0 Å². The summed E-state index contributed by atoms with van der Waals surface area (Å²) >= 11 is 0. The third kappa shape index (κ3) is 4.37. The van der Waals surface area contributed by atoms with Crippen molar-refractivity contribution < 1.29 is 9.59 Å². The van der Waals surface area contributed by atoms with Crippen molar-refractivity contribution in [2.24, 2.45) is 11.7 Å². The zero-order valence-electron chi connectivity index (χ0n) is 12.1. The van der Waals surface area contributed by atoms with Crippen molar-refractivity contribution in [2.75, 3.05) is 26.2 Å². The number of nitrogens with one attached hydrogen (secondary N) is 2. The molecule has 3 amide bonds. The molecule has 1 atom stereocenters. The first kappa shape index (κ1) is 15.1. The number of rotatable bonds is 4. The van der Waals surface area contributed by atoms with Gasteiger partial charge in [0, 0.05) is 19.1 Å². The van der Waals surface area contributed by atoms with Gasteiger partial charge in [0.2, 0.25) is 5.91 Å². The van der Waals surface area contributed by atoms with Crippen molar-refractivity contribution in [3.63, 3.8) is 0 Å². The van der Waals surface area contributed by atoms with Crippen LogP contribution in [-0.2, 0) is 4.79 Å². The quantitative estimate of drug-likeness (QED) is 0.698. The smallest absolute Gasteiger partial charge is 0.315 e. The lowest BCUT2D eigenvalue weighted by Gasteiger charge is -2.23. The van der Waals surface area contributed by atoms with Gasteiger partial charge in [0.15, 0.2) is 0 Å². The van der Waals surface area contributed by atoms with Crippen molar-refractivity contribution in [3.05, 3.63) is 0 Å². The molecule has 2 fully saturated rings. The van der Waals surface area contributed by atoms with Crippen LogP contribution in [0.5, 0.6) is 0 Å². The predicted molar refractivity (Wildman–Crippen MR) is 77.1 cm³/mol. The highest BCUT2D eigenvalue weighted by atomic mass is 16.2. The molecule has 2 rings (SSSR count). The molecule has 6 heteroatoms. The van der Waals surface area contributed by atoms with Gasteiger partial charge in [-0.3, -0.25) is 4.79 Å². The first-order valence-corrected chi connectivity index (χ1v) is 7.71. The van der Waals surface area contributed by atoms with E-state index in [9.17, 15) is 9.59 Å². The molecule has 1 aliphatic carbocycles. The highest BCUT2D eigenvalue weighted by molar-refractivity contribution is 5.84. The van der Waals surface area contributed by atoms with Crippen molar-refractivity contribution in [1.82, 2.24) is 15.5 Å². The minimum absolute atomic E-state index is 0.0141. The van der Waals surface area contributed by atoms with E-state index in [0.29, 0.717) is 12.5 Å². The highest BCUT2D eigenvalue weighted by Gasteiger charge is 2.25. The Hall–Kier alpha value is -1.30. The van der Waals surface area contributed by atoms with E-state index in [1.807, 2.05) is 0 Å². The molecular weight excluding hydrogens is 256 g/mol. The summed E-state index contributed by atoms with van der Waals surface area (Å²) in [7, 11) is 0. The molecule has 1 heterocycles. The Kier molecular flexibility index (Phi) is 5.64. The molecule has 20 heavy (non-hydrogen) atoms. The van der Waals surface area contributed by atoms with Gasteiger partial charge in [-0.25, -0.2) is 4.79 Å². The van der Waals surface area contributed by atoms with E-state index >= 15 is 0 Å². The molecule has 1 saturated heterocycles. The molecule has 4 N–H and O–H groups in total. The molecule has 6 nitrogen and oxygen atoms in total. The van der Waals surface area contributed by atoms with Crippen LogP contribution in [0.1, 0.15) is 38.5 Å². The summed E-state index contributed by atoms with van der Waals surface area (Å²) in [5.74, 6) is 0.398. The third-order valence-corrected chi connectivity index (χ3v) is 4.31. The van der Waals surface area contributed by atoms with Crippen LogP contribution in [0.25, 0.3) is 0 Å². The maximum Gasteiger partial charge on any atom is 0.315 e. The summed E-state index contributed by atoms with van der Waals surface area (Å²) in [6, 6.07) is 0.0482. The van der Waals surface area contributed by atoms with Gasteiger partial charge >= 0.3 is 6.03 Å². The second-order valence-electron chi connectivity index (χ2n) is 5.89. The number of nitrogens with two attached hydrogens (primary N) is 1. The number of hydrogen-bond acceptors (Lipinski definition) is 3. The molecule has 2 aliphatic rings. The zero-order chi connectivity index (χ0) is 14.4. The lowest BCUT2D eigenvalue weighted by Crippen LogP contribution is -2.46. The minimum atomic E-state index is -0.222. The number of nitrogens with zero attached hydrogens (tertiary/aromatic N) is 1. The molecular formula is C14H26N4O2. The first-order valence-electron chi connectivity index (χ1n) is 7.71. The lowest BCUT2D eigenvalue weighted by atomic mass is 9.96. The van der Waals surface area contributed by atoms with Crippen LogP contribution < -0.4 is 16.4 Å². The van der Waals surface area contributed by atoms with Crippen LogP contribution >= 0.6 is 0 Å². The van der Waals surface area contributed by atoms with Crippen molar-refractivity contribution in [1.29, 1.82) is 0 Å². The SMILES string of the molecule is NCC1CCN(C(=O)CNC(=O)NC2CCCCC2)C1. The van der Waals surface area contributed by atoms with Gasteiger partial charge in [-0.2, -0.15) is 0 Å². The molecule has 1 unspecified atom stereocenters. The fraction of sp³-hybridized carbons (Fsp3) is 0.857. The van der Waals surface area contributed by atoms with Crippen molar-refractivity contribution in [2.45, 2.75) is 44.6 Å². The Morgan fingerprint density at radius 1 is 1.15 bits per heavy atom. The van der Waals surface area contributed by atoms with E-state index in [1.54, 1.807) is 4.90 Å². The number of urea groups is 1. The summed E-state index contributed by atoms with van der Waals surface area (Å²) in [6.07, 6.45) is 6.68. The van der Waals surface area contributed by atoms with Crippen LogP contribution in [-0.4, -0.2) is 49.1 Å². The van der Waals surface area contributed by atoms with Gasteiger partial charge in [0.25, 0.3) is 0 Å². The Balaban J connectivity index is 1.64. The number of carbonyl (C=O) groups excluding carboxylic acids is 2. The van der Waals surface area contributed by atoms with Gasteiger partial charge in [0.1, 0.15) is 0 Å². The van der Waals surface area contributed by atoms with Crippen LogP contribution in [0, 0.1) is 5.92 Å². The minimum Gasteiger partial charge on any atom is -0.341 e. The highest BCUT2D eigenvalue weighted by Crippen LogP contribution is 2.17. The van der Waals surface area contributed by atoms with E-state index < -0.39 is 0 Å². The summed E-state index contributed by atoms with van der Waals surface area (Å²) in [6.45, 7) is 2.18. The molecule has 114 valence electrons. The predicted octanol–water partition coefficient (Wildman–Crippen LogP) is 0.426. The van der Waals surface area contributed by atoms with Gasteiger partial charge in [0.05, 0.1) is 6.54 Å². The second-order valence-corrected chi connectivity index (χ2v) is 5.89. The third-order valence-electron chi connectivity index (χ3n) is 4.31. The van der Waals surface area contributed by atoms with Gasteiger partial charge in [-0.1, -0.05) is 19.3 Å². The molecule has 0 radical (unpaired) electrons. The molecule has 0 aromatic rings. The molecule has 0 bridgehead atoms. The Morgan fingerprint density at radius 3 is 2.55 bits per heavy atom. The van der Waals surface area contributed by atoms with E-state index in [0.717, 1.165) is 32.4 Å². The lowest BCUT2D eigenvalue weighted by molar-refractivity contribution is -0.129. The van der Waals surface area contributed by atoms with Crippen molar-refractivity contribution in [3.8, 4) is 0 Å². The molecule has 0 aromatic heterocycles. The summed E-state index contributed by atoms with van der Waals surface area (Å²) in [5.41, 5.74) is 5.60. The monoisotopic (exact) mass is 282 g/mol. The van der Waals surface area contributed by atoms with Crippen LogP contribution in [0.4, 0.5) is 4.79 Å². The van der Waals surface area contributed by atoms with E-state index in [-0.39, 0.29) is 24.5 Å². The Labute approximate surface area is 120 Å². The second kappa shape index (κ2) is 7.47. The molecule has 1 aliphatic heterocycles. The fourth-order valence-electron chi connectivity index (χ4n) is 3.00. The number of amides is 3. The Bertz CT molecular complexity index is 342. The largest absolute Gasteiger partial charge is 0.341 e. The van der Waals surface area contributed by atoms with E-state index in [4.69, 9.17) is 5.73 Å². The normalized spacial score (nSPS) is 23.6. The summed E-state index contributed by atoms with van der Waals surface area (Å²) in [4.78, 5) is 25.5. The molecule has 1 saturated carbocycles. The van der Waals surface area contributed by atoms with Gasteiger partial charge < -0.3 is 21.3 Å². The number of likely N-dealkylation sites (tertiary alicyclic amines) is 1. The van der Waals surface area contributed by atoms with E-state index in [2.05, 4.69) is 10.6 Å². The topological polar surface area (TPSA) is 87.5 Å². The van der Waals surface area contributed by atoms with Crippen molar-refractivity contribution >= 4 is 11.9 Å².